The number of carbonyl (C=O) groups excluding carboxylic acids is 1. The van der Waals surface area contributed by atoms with Crippen LogP contribution in [0.3, 0.4) is 0 Å². The summed E-state index contributed by atoms with van der Waals surface area (Å²) in [5.41, 5.74) is 2.53. The van der Waals surface area contributed by atoms with Gasteiger partial charge in [0.2, 0.25) is 0 Å². The molecule has 2 fully saturated rings. The SMILES string of the molecule is Cc1cnc(C(=O)N2C[C@H]3CN(Cc4cccnc4)C[C@H]3C2)cn1.O=C(O)C(F)(F)F.O=C(O)C(F)(F)F. The van der Waals surface area contributed by atoms with Crippen molar-refractivity contribution in [1.82, 2.24) is 24.8 Å². The summed E-state index contributed by atoms with van der Waals surface area (Å²) in [5, 5.41) is 14.2. The van der Waals surface area contributed by atoms with Crippen LogP contribution in [0.15, 0.2) is 36.9 Å². The molecular formula is C22H23F6N5O5. The van der Waals surface area contributed by atoms with Crippen LogP contribution in [0.5, 0.6) is 0 Å². The van der Waals surface area contributed by atoms with Gasteiger partial charge in [0, 0.05) is 51.3 Å². The minimum atomic E-state index is -5.08. The Labute approximate surface area is 211 Å². The first-order valence-electron chi connectivity index (χ1n) is 10.9. The Hall–Kier alpha value is -3.82. The Balaban J connectivity index is 0.000000301. The van der Waals surface area contributed by atoms with E-state index in [0.29, 0.717) is 17.5 Å². The molecule has 2 N–H and O–H groups in total. The molecule has 2 aromatic heterocycles. The van der Waals surface area contributed by atoms with E-state index in [2.05, 4.69) is 25.9 Å². The molecule has 2 atom stereocenters. The number of halogens is 6. The monoisotopic (exact) mass is 551 g/mol. The second kappa shape index (κ2) is 12.6. The molecule has 2 aromatic rings. The fourth-order valence-corrected chi connectivity index (χ4v) is 3.80. The van der Waals surface area contributed by atoms with Crippen LogP contribution in [0.2, 0.25) is 0 Å². The Morgan fingerprint density at radius 2 is 1.42 bits per heavy atom. The van der Waals surface area contributed by atoms with E-state index in [1.165, 1.54) is 5.56 Å². The zero-order valence-corrected chi connectivity index (χ0v) is 19.8. The predicted octanol–water partition coefficient (Wildman–Crippen LogP) is 2.65. The average molecular weight is 551 g/mol. The highest BCUT2D eigenvalue weighted by Crippen LogP contribution is 2.32. The van der Waals surface area contributed by atoms with Crippen molar-refractivity contribution in [2.24, 2.45) is 11.8 Å². The minimum absolute atomic E-state index is 0.00992. The summed E-state index contributed by atoms with van der Waals surface area (Å²) in [6.45, 7) is 6.55. The lowest BCUT2D eigenvalue weighted by Crippen LogP contribution is -2.33. The summed E-state index contributed by atoms with van der Waals surface area (Å²) in [7, 11) is 0. The van der Waals surface area contributed by atoms with Crippen LogP contribution in [0.25, 0.3) is 0 Å². The van der Waals surface area contributed by atoms with Crippen molar-refractivity contribution in [2.45, 2.75) is 25.8 Å². The molecule has 2 saturated heterocycles. The van der Waals surface area contributed by atoms with Gasteiger partial charge in [-0.15, -0.1) is 0 Å². The maximum atomic E-state index is 12.6. The number of aromatic nitrogens is 3. The highest BCUT2D eigenvalue weighted by atomic mass is 19.4. The van der Waals surface area contributed by atoms with Gasteiger partial charge in [0.1, 0.15) is 5.69 Å². The van der Waals surface area contributed by atoms with Gasteiger partial charge >= 0.3 is 24.3 Å². The van der Waals surface area contributed by atoms with Crippen molar-refractivity contribution >= 4 is 17.8 Å². The molecule has 0 unspecified atom stereocenters. The Kier molecular flexibility index (Phi) is 10.1. The molecule has 10 nitrogen and oxygen atoms in total. The van der Waals surface area contributed by atoms with Crippen LogP contribution in [0, 0.1) is 18.8 Å². The van der Waals surface area contributed by atoms with Gasteiger partial charge in [-0.1, -0.05) is 6.07 Å². The first kappa shape index (κ1) is 30.4. The third kappa shape index (κ3) is 9.24. The van der Waals surface area contributed by atoms with E-state index in [0.717, 1.165) is 38.4 Å². The third-order valence-electron chi connectivity index (χ3n) is 5.46. The number of likely N-dealkylation sites (tertiary alicyclic amines) is 2. The van der Waals surface area contributed by atoms with Crippen LogP contribution in [0.4, 0.5) is 26.3 Å². The normalized spacial score (nSPS) is 19.0. The van der Waals surface area contributed by atoms with Gasteiger partial charge < -0.3 is 15.1 Å². The molecule has 0 aliphatic carbocycles. The van der Waals surface area contributed by atoms with Crippen molar-refractivity contribution in [1.29, 1.82) is 0 Å². The van der Waals surface area contributed by atoms with Gasteiger partial charge in [0.25, 0.3) is 5.91 Å². The van der Waals surface area contributed by atoms with Gasteiger partial charge in [-0.05, 0) is 30.4 Å². The van der Waals surface area contributed by atoms with E-state index in [4.69, 9.17) is 19.8 Å². The van der Waals surface area contributed by atoms with Gasteiger partial charge in [-0.3, -0.25) is 19.7 Å². The number of nitrogens with zero attached hydrogens (tertiary/aromatic N) is 5. The molecule has 4 heterocycles. The zero-order chi connectivity index (χ0) is 28.7. The summed E-state index contributed by atoms with van der Waals surface area (Å²) >= 11 is 0. The van der Waals surface area contributed by atoms with Crippen molar-refractivity contribution in [3.8, 4) is 0 Å². The lowest BCUT2D eigenvalue weighted by Gasteiger charge is -2.21. The number of amides is 1. The Bertz CT molecular complexity index is 1060. The third-order valence-corrected chi connectivity index (χ3v) is 5.46. The Morgan fingerprint density at radius 1 is 0.895 bits per heavy atom. The lowest BCUT2D eigenvalue weighted by molar-refractivity contribution is -0.193. The highest BCUT2D eigenvalue weighted by Gasteiger charge is 2.42. The number of hydrogen-bond donors (Lipinski definition) is 2. The Morgan fingerprint density at radius 3 is 1.82 bits per heavy atom. The minimum Gasteiger partial charge on any atom is -0.475 e. The molecule has 4 rings (SSSR count). The molecule has 38 heavy (non-hydrogen) atoms. The molecule has 0 saturated carbocycles. The predicted molar refractivity (Wildman–Crippen MR) is 117 cm³/mol. The first-order valence-corrected chi connectivity index (χ1v) is 10.9. The fraction of sp³-hybridized carbons (Fsp3) is 0.455. The van der Waals surface area contributed by atoms with E-state index in [-0.39, 0.29) is 5.91 Å². The van der Waals surface area contributed by atoms with Gasteiger partial charge in [-0.2, -0.15) is 26.3 Å². The number of carbonyl (C=O) groups is 3. The molecule has 208 valence electrons. The van der Waals surface area contributed by atoms with E-state index < -0.39 is 24.3 Å². The zero-order valence-electron chi connectivity index (χ0n) is 19.8. The number of carboxylic acids is 2. The van der Waals surface area contributed by atoms with E-state index >= 15 is 0 Å². The molecular weight excluding hydrogens is 528 g/mol. The van der Waals surface area contributed by atoms with Crippen molar-refractivity contribution in [2.75, 3.05) is 26.2 Å². The van der Waals surface area contributed by atoms with Crippen LogP contribution < -0.4 is 0 Å². The summed E-state index contributed by atoms with van der Waals surface area (Å²) in [6, 6.07) is 4.10. The number of pyridine rings is 1. The maximum absolute atomic E-state index is 12.6. The van der Waals surface area contributed by atoms with Crippen molar-refractivity contribution < 1.29 is 50.9 Å². The molecule has 0 aromatic carbocycles. The molecule has 2 aliphatic rings. The summed E-state index contributed by atoms with van der Waals surface area (Å²) in [6.07, 6.45) is -3.19. The number of alkyl halides is 6. The van der Waals surface area contributed by atoms with Gasteiger partial charge in [0.05, 0.1) is 11.9 Å². The van der Waals surface area contributed by atoms with Gasteiger partial charge in [-0.25, -0.2) is 14.6 Å². The molecule has 16 heteroatoms. The molecule has 2 aliphatic heterocycles. The first-order chi connectivity index (χ1) is 17.6. The van der Waals surface area contributed by atoms with Crippen LogP contribution >= 0.6 is 0 Å². The van der Waals surface area contributed by atoms with Crippen molar-refractivity contribution in [3.63, 3.8) is 0 Å². The standard InChI is InChI=1S/C18H21N5O.2C2HF3O2/c1-13-5-21-17(7-20-13)18(24)23-11-15-9-22(10-16(15)12-23)8-14-3-2-4-19-6-14;2*3-2(4,5)1(6)7/h2-7,15-16H,8-12H2,1H3;2*(H,6,7)/t15-,16+;;. The topological polar surface area (TPSA) is 137 Å². The smallest absolute Gasteiger partial charge is 0.475 e. The number of hydrogen-bond acceptors (Lipinski definition) is 7. The van der Waals surface area contributed by atoms with Crippen LogP contribution in [-0.4, -0.2) is 91.3 Å². The number of carboxylic acid groups (broad SMARTS) is 2. The van der Waals surface area contributed by atoms with Crippen LogP contribution in [-0.2, 0) is 16.1 Å². The average Bonchev–Trinajstić information content (AvgIpc) is 3.38. The second-order valence-electron chi connectivity index (χ2n) is 8.43. The van der Waals surface area contributed by atoms with Gasteiger partial charge in [0.15, 0.2) is 0 Å². The number of aryl methyl sites for hydroxylation is 1. The highest BCUT2D eigenvalue weighted by molar-refractivity contribution is 5.92. The van der Waals surface area contributed by atoms with E-state index in [1.54, 1.807) is 18.6 Å². The molecule has 0 bridgehead atoms. The van der Waals surface area contributed by atoms with Crippen LogP contribution in [0.1, 0.15) is 21.7 Å². The summed E-state index contributed by atoms with van der Waals surface area (Å²) in [5.74, 6) is -4.39. The maximum Gasteiger partial charge on any atom is 0.490 e. The molecule has 0 spiro atoms. The largest absolute Gasteiger partial charge is 0.490 e. The summed E-state index contributed by atoms with van der Waals surface area (Å²) in [4.78, 5) is 47.3. The molecule has 1 amide bonds. The molecule has 0 radical (unpaired) electrons. The quantitative estimate of drug-likeness (QED) is 0.552. The summed E-state index contributed by atoms with van der Waals surface area (Å²) < 4.78 is 63.5. The number of aliphatic carboxylic acids is 2. The number of fused-ring (bicyclic) bond motifs is 1. The van der Waals surface area contributed by atoms with Crippen molar-refractivity contribution in [3.05, 3.63) is 53.9 Å². The van der Waals surface area contributed by atoms with E-state index in [9.17, 15) is 31.1 Å². The fourth-order valence-electron chi connectivity index (χ4n) is 3.80. The lowest BCUT2D eigenvalue weighted by atomic mass is 10.0. The van der Waals surface area contributed by atoms with E-state index in [1.807, 2.05) is 24.1 Å². The second-order valence-corrected chi connectivity index (χ2v) is 8.43. The number of rotatable bonds is 3.